The Morgan fingerprint density at radius 3 is 2.17 bits per heavy atom. The van der Waals surface area contributed by atoms with Crippen LogP contribution in [0.25, 0.3) is 5.57 Å². The van der Waals surface area contributed by atoms with Crippen molar-refractivity contribution in [1.29, 1.82) is 0 Å². The molecule has 5 heterocycles. The number of hydrogen-bond acceptors (Lipinski definition) is 13. The highest BCUT2D eigenvalue weighted by Gasteiger charge is 2.37. The molecule has 0 fully saturated rings. The number of ether oxygens (including phenoxy) is 3. The summed E-state index contributed by atoms with van der Waals surface area (Å²) in [6, 6.07) is 8.60. The molecule has 5 aliphatic heterocycles. The summed E-state index contributed by atoms with van der Waals surface area (Å²) < 4.78 is 20.9. The molecule has 0 saturated carbocycles. The largest absolute Gasteiger partial charge is 0.480 e. The van der Waals surface area contributed by atoms with E-state index in [4.69, 9.17) is 25.7 Å². The van der Waals surface area contributed by atoms with E-state index in [0.29, 0.717) is 44.3 Å². The van der Waals surface area contributed by atoms with Crippen molar-refractivity contribution in [2.75, 3.05) is 97.3 Å². The van der Waals surface area contributed by atoms with E-state index in [9.17, 15) is 39.0 Å². The number of aryl methyl sites for hydroxylation is 2. The number of unbranched alkanes of at least 4 members (excludes halogenated alkanes) is 2. The fourth-order valence-electron chi connectivity index (χ4n) is 11.4. The Labute approximate surface area is 443 Å². The van der Waals surface area contributed by atoms with Gasteiger partial charge in [0.25, 0.3) is 5.91 Å². The third-order valence-electron chi connectivity index (χ3n) is 15.0. The molecule has 0 saturated heterocycles. The second kappa shape index (κ2) is 26.5. The Morgan fingerprint density at radius 1 is 0.750 bits per heavy atom. The number of amides is 5. The first-order valence-electron chi connectivity index (χ1n) is 27.3. The van der Waals surface area contributed by atoms with Crippen LogP contribution in [-0.4, -0.2) is 161 Å². The maximum atomic E-state index is 14.6. The number of aliphatic carboxylic acids is 1. The molecule has 5 aliphatic rings. The third-order valence-corrected chi connectivity index (χ3v) is 15.0. The Balaban J connectivity index is 0.842. The fourth-order valence-corrected chi connectivity index (χ4v) is 11.4. The zero-order chi connectivity index (χ0) is 53.7. The van der Waals surface area contributed by atoms with E-state index in [-0.39, 0.29) is 57.6 Å². The summed E-state index contributed by atoms with van der Waals surface area (Å²) in [6.07, 6.45) is 10.5. The van der Waals surface area contributed by atoms with Crippen LogP contribution in [0.15, 0.2) is 36.4 Å². The minimum Gasteiger partial charge on any atom is -0.480 e. The number of rotatable bonds is 27. The van der Waals surface area contributed by atoms with E-state index in [1.807, 2.05) is 24.3 Å². The van der Waals surface area contributed by atoms with Gasteiger partial charge in [-0.2, -0.15) is 0 Å². The monoisotopic (exact) mass is 1050 g/mol. The Bertz CT molecular complexity index is 2780. The maximum absolute atomic E-state index is 14.6. The number of nitrogens with one attached hydrogen (secondary N) is 4. The van der Waals surface area contributed by atoms with E-state index in [0.717, 1.165) is 111 Å². The van der Waals surface area contributed by atoms with Gasteiger partial charge < -0.3 is 67.0 Å². The van der Waals surface area contributed by atoms with Crippen molar-refractivity contribution in [2.45, 2.75) is 108 Å². The molecule has 0 radical (unpaired) electrons. The molecular weight excluding hydrogens is 975 g/mol. The third kappa shape index (κ3) is 13.0. The van der Waals surface area contributed by atoms with Crippen LogP contribution in [0.2, 0.25) is 0 Å². The number of benzene rings is 3. The van der Waals surface area contributed by atoms with Crippen molar-refractivity contribution in [3.05, 3.63) is 85.9 Å². The minimum atomic E-state index is -1.46. The molecule has 410 valence electrons. The zero-order valence-electron chi connectivity index (χ0n) is 43.9. The van der Waals surface area contributed by atoms with E-state index in [2.05, 4.69) is 42.9 Å². The number of likely N-dealkylation sites (N-methyl/N-ethyl adjacent to an activating group) is 1. The van der Waals surface area contributed by atoms with E-state index < -0.39 is 55.0 Å². The van der Waals surface area contributed by atoms with E-state index in [1.54, 1.807) is 7.05 Å². The number of aliphatic hydroxyl groups excluding tert-OH is 1. The molecule has 3 atom stereocenters. The quantitative estimate of drug-likeness (QED) is 0.0292. The molecule has 20 heteroatoms. The molecule has 3 aromatic rings. The van der Waals surface area contributed by atoms with Gasteiger partial charge in [0.1, 0.15) is 49.3 Å². The van der Waals surface area contributed by atoms with E-state index >= 15 is 0 Å². The SMILES string of the molecule is CN(CC(=O)NCCOCCOCC(=O)N[C@@H](CCCCN)C(=O)N[C@@H](CO)C(=O)N[C@@H](CCCCN)C(=O)O)C(=O)c1ccccc1C1=c2cc3c4c(c2Oc2c1cc1c5c2CCCN5CCC1)CCC[N+]=4CCC3. The lowest BCUT2D eigenvalue weighted by atomic mass is 9.81. The summed E-state index contributed by atoms with van der Waals surface area (Å²) in [7, 11) is 1.63. The summed E-state index contributed by atoms with van der Waals surface area (Å²) in [4.78, 5) is 82.5. The number of fused-ring (bicyclic) bond motifs is 4. The smallest absolute Gasteiger partial charge is 0.326 e. The molecule has 8 rings (SSSR count). The van der Waals surface area contributed by atoms with Crippen molar-refractivity contribution in [3.8, 4) is 11.5 Å². The molecule has 0 spiro atoms. The summed E-state index contributed by atoms with van der Waals surface area (Å²) in [5.41, 5.74) is 21.0. The number of carbonyl (C=O) groups excluding carboxylic acids is 5. The standard InChI is InChI=1S/C56H75N9O11/c1-63(32-46(67)59-22-27-74-28-29-75-34-47(68)60-43(18-4-6-20-57)53(69)62-45(33-66)54(70)61-44(56(72)73)19-5-7-21-58)55(71)38-15-3-2-14-37(38)48-41-30-35-12-8-23-64-25-10-16-39(49(35)64)51(41)76-52-40-17-11-26-65-24-9-13-36(50(40)65)31-42(48)52/h2-3,14-15,30-31,43-45,66H,4-13,16-29,32-34,57-58H2,1H3,(H4-,59,60,61,62,67,68,69,70,72,73)/p+1/t43-,44-,45-/m0/s1. The van der Waals surface area contributed by atoms with Crippen LogP contribution < -0.4 is 57.5 Å². The number of nitrogens with zero attached hydrogens (tertiary/aromatic N) is 3. The fraction of sp³-hybridized carbons (Fsp3) is 0.554. The number of carboxylic acids is 1. The van der Waals surface area contributed by atoms with Gasteiger partial charge in [-0.05, 0) is 119 Å². The van der Waals surface area contributed by atoms with Gasteiger partial charge in [-0.1, -0.05) is 18.2 Å². The van der Waals surface area contributed by atoms with Gasteiger partial charge in [0.2, 0.25) is 29.0 Å². The van der Waals surface area contributed by atoms with Crippen molar-refractivity contribution < 1.29 is 53.2 Å². The van der Waals surface area contributed by atoms with Crippen LogP contribution in [0.4, 0.5) is 5.69 Å². The lowest BCUT2D eigenvalue weighted by Gasteiger charge is -2.39. The zero-order valence-corrected chi connectivity index (χ0v) is 43.9. The molecule has 20 nitrogen and oxygen atoms in total. The van der Waals surface area contributed by atoms with Gasteiger partial charge in [-0.15, -0.1) is 0 Å². The van der Waals surface area contributed by atoms with Crippen LogP contribution in [-0.2, 0) is 59.1 Å². The van der Waals surface area contributed by atoms with Crippen LogP contribution in [0.5, 0.6) is 11.5 Å². The Hall–Kier alpha value is -6.45. The first kappa shape index (κ1) is 55.8. The summed E-state index contributed by atoms with van der Waals surface area (Å²) in [5, 5.41) is 32.0. The molecule has 0 unspecified atom stereocenters. The highest BCUT2D eigenvalue weighted by molar-refractivity contribution is 6.03. The predicted octanol–water partition coefficient (Wildman–Crippen LogP) is 0.133. The molecule has 0 aliphatic carbocycles. The highest BCUT2D eigenvalue weighted by Crippen LogP contribution is 2.49. The van der Waals surface area contributed by atoms with Crippen molar-refractivity contribution in [3.63, 3.8) is 0 Å². The number of anilines is 1. The Morgan fingerprint density at radius 2 is 1.42 bits per heavy atom. The van der Waals surface area contributed by atoms with Gasteiger partial charge in [0.15, 0.2) is 0 Å². The molecule has 10 N–H and O–H groups in total. The van der Waals surface area contributed by atoms with Gasteiger partial charge in [-0.25, -0.2) is 9.37 Å². The normalized spacial score (nSPS) is 16.1. The lowest BCUT2D eigenvalue weighted by molar-refractivity contribution is -0.143. The average Bonchev–Trinajstić information content (AvgIpc) is 3.59. The summed E-state index contributed by atoms with van der Waals surface area (Å²) in [5.74, 6) is -2.31. The first-order chi connectivity index (χ1) is 36.9. The summed E-state index contributed by atoms with van der Waals surface area (Å²) in [6.45, 7) is 3.92. The van der Waals surface area contributed by atoms with Crippen LogP contribution in [0.1, 0.15) is 108 Å². The van der Waals surface area contributed by atoms with Gasteiger partial charge in [0, 0.05) is 78.3 Å². The van der Waals surface area contributed by atoms with Crippen LogP contribution in [0.3, 0.4) is 0 Å². The number of carboxylic acid groups (broad SMARTS) is 1. The first-order valence-corrected chi connectivity index (χ1v) is 27.3. The second-order valence-electron chi connectivity index (χ2n) is 20.4. The maximum Gasteiger partial charge on any atom is 0.326 e. The Kier molecular flexibility index (Phi) is 19.5. The van der Waals surface area contributed by atoms with Crippen LogP contribution in [0, 0.1) is 0 Å². The molecule has 3 aromatic carbocycles. The van der Waals surface area contributed by atoms with E-state index in [1.165, 1.54) is 38.2 Å². The number of hydrogen-bond donors (Lipinski definition) is 8. The minimum absolute atomic E-state index is 0.0232. The topological polar surface area (TPSA) is 280 Å². The van der Waals surface area contributed by atoms with Crippen molar-refractivity contribution >= 4 is 46.8 Å². The summed E-state index contributed by atoms with van der Waals surface area (Å²) >= 11 is 0. The van der Waals surface area contributed by atoms with Gasteiger partial charge >= 0.3 is 5.97 Å². The average molecular weight is 1050 g/mol. The van der Waals surface area contributed by atoms with Crippen molar-refractivity contribution in [1.82, 2.24) is 30.7 Å². The highest BCUT2D eigenvalue weighted by atomic mass is 16.5. The second-order valence-corrected chi connectivity index (χ2v) is 20.4. The lowest BCUT2D eigenvalue weighted by Crippen LogP contribution is -2.57. The number of carbonyl (C=O) groups is 6. The van der Waals surface area contributed by atoms with Crippen molar-refractivity contribution in [2.24, 2.45) is 11.5 Å². The molecular formula is C56H76N9O11+. The number of aliphatic hydroxyl groups is 1. The van der Waals surface area contributed by atoms with Gasteiger partial charge in [0.05, 0.1) is 38.5 Å². The van der Waals surface area contributed by atoms with Gasteiger partial charge in [-0.3, -0.25) is 24.0 Å². The predicted molar refractivity (Wildman–Crippen MR) is 285 cm³/mol. The number of nitrogens with two attached hydrogens (primary N) is 2. The molecule has 0 aromatic heterocycles. The molecule has 0 bridgehead atoms. The van der Waals surface area contributed by atoms with Crippen LogP contribution >= 0.6 is 0 Å². The molecule has 76 heavy (non-hydrogen) atoms. The molecule has 5 amide bonds.